The number of H-pyrrole nitrogens is 1. The molecule has 2 aromatic carbocycles. The van der Waals surface area contributed by atoms with Crippen LogP contribution >= 0.6 is 0 Å². The number of rotatable bonds is 4. The van der Waals surface area contributed by atoms with Crippen molar-refractivity contribution in [1.82, 2.24) is 9.78 Å². The predicted molar refractivity (Wildman–Crippen MR) is 99.8 cm³/mol. The van der Waals surface area contributed by atoms with Gasteiger partial charge in [0.05, 0.1) is 16.9 Å². The molecule has 24 heavy (non-hydrogen) atoms. The zero-order valence-corrected chi connectivity index (χ0v) is 14.8. The molecule has 0 unspecified atom stereocenters. The van der Waals surface area contributed by atoms with Crippen molar-refractivity contribution < 1.29 is 0 Å². The largest absolute Gasteiger partial charge is 0.272 e. The molecule has 3 aromatic rings. The van der Waals surface area contributed by atoms with Gasteiger partial charge in [0.25, 0.3) is 5.56 Å². The van der Waals surface area contributed by atoms with E-state index in [1.807, 2.05) is 28.9 Å². The summed E-state index contributed by atoms with van der Waals surface area (Å²) in [5, 5.41) is 3.03. The van der Waals surface area contributed by atoms with Crippen LogP contribution in [0.2, 0.25) is 0 Å². The Morgan fingerprint density at radius 1 is 0.917 bits per heavy atom. The summed E-state index contributed by atoms with van der Waals surface area (Å²) in [5.41, 5.74) is 6.16. The van der Waals surface area contributed by atoms with E-state index in [1.165, 1.54) is 11.1 Å². The maximum atomic E-state index is 12.7. The van der Waals surface area contributed by atoms with Crippen molar-refractivity contribution in [2.75, 3.05) is 0 Å². The maximum absolute atomic E-state index is 12.7. The third kappa shape index (κ3) is 3.21. The number of hydrogen-bond donors (Lipinski definition) is 1. The van der Waals surface area contributed by atoms with Crippen molar-refractivity contribution in [3.63, 3.8) is 0 Å². The molecule has 124 valence electrons. The van der Waals surface area contributed by atoms with E-state index in [2.05, 4.69) is 57.1 Å². The van der Waals surface area contributed by atoms with Gasteiger partial charge in [-0.25, -0.2) is 0 Å². The van der Waals surface area contributed by atoms with Crippen molar-refractivity contribution >= 4 is 0 Å². The van der Waals surface area contributed by atoms with Crippen LogP contribution in [-0.4, -0.2) is 9.78 Å². The average molecular weight is 320 g/mol. The fraction of sp³-hybridized carbons (Fsp3) is 0.286. The van der Waals surface area contributed by atoms with Crippen LogP contribution < -0.4 is 5.56 Å². The third-order valence-corrected chi connectivity index (χ3v) is 4.23. The van der Waals surface area contributed by atoms with Gasteiger partial charge in [-0.2, -0.15) is 0 Å². The average Bonchev–Trinajstić information content (AvgIpc) is 2.85. The number of nitrogens with zero attached hydrogens (tertiary/aromatic N) is 1. The Labute approximate surface area is 143 Å². The van der Waals surface area contributed by atoms with Gasteiger partial charge < -0.3 is 0 Å². The topological polar surface area (TPSA) is 37.8 Å². The quantitative estimate of drug-likeness (QED) is 0.746. The number of nitrogens with one attached hydrogen (secondary N) is 1. The van der Waals surface area contributed by atoms with E-state index in [9.17, 15) is 4.79 Å². The van der Waals surface area contributed by atoms with Crippen LogP contribution in [0.3, 0.4) is 0 Å². The van der Waals surface area contributed by atoms with Crippen molar-refractivity contribution in [2.45, 2.75) is 34.1 Å². The van der Waals surface area contributed by atoms with Crippen molar-refractivity contribution in [3.8, 4) is 16.8 Å². The standard InChI is InChI=1S/C21H24N2O/c1-14(2)13-19-20(17-9-5-15(3)6-10-17)21(24)22-23(19)18-11-7-16(4)8-12-18/h5-12,14H,13H2,1-4H3,(H,22,24). The van der Waals surface area contributed by atoms with Gasteiger partial charge in [-0.05, 0) is 43.9 Å². The van der Waals surface area contributed by atoms with Gasteiger partial charge in [0.2, 0.25) is 0 Å². The van der Waals surface area contributed by atoms with E-state index in [0.29, 0.717) is 5.92 Å². The van der Waals surface area contributed by atoms with Crippen LogP contribution in [0.25, 0.3) is 16.8 Å². The molecule has 0 fully saturated rings. The minimum Gasteiger partial charge on any atom is -0.267 e. The highest BCUT2D eigenvalue weighted by Crippen LogP contribution is 2.25. The van der Waals surface area contributed by atoms with Crippen molar-refractivity contribution in [1.29, 1.82) is 0 Å². The molecule has 1 heterocycles. The van der Waals surface area contributed by atoms with Gasteiger partial charge in [0.15, 0.2) is 0 Å². The summed E-state index contributed by atoms with van der Waals surface area (Å²) >= 11 is 0. The second kappa shape index (κ2) is 6.52. The molecule has 0 aliphatic heterocycles. The molecule has 0 aliphatic rings. The lowest BCUT2D eigenvalue weighted by Crippen LogP contribution is -2.07. The van der Waals surface area contributed by atoms with Crippen LogP contribution in [0.5, 0.6) is 0 Å². The lowest BCUT2D eigenvalue weighted by atomic mass is 9.99. The maximum Gasteiger partial charge on any atom is 0.272 e. The zero-order chi connectivity index (χ0) is 17.3. The van der Waals surface area contributed by atoms with Crippen LogP contribution in [0.15, 0.2) is 53.3 Å². The number of aromatic nitrogens is 2. The molecule has 1 aromatic heterocycles. The molecule has 1 N–H and O–H groups in total. The van der Waals surface area contributed by atoms with Gasteiger partial charge in [-0.1, -0.05) is 61.4 Å². The molecule has 0 aliphatic carbocycles. The lowest BCUT2D eigenvalue weighted by molar-refractivity contribution is 0.616. The summed E-state index contributed by atoms with van der Waals surface area (Å²) in [5.74, 6) is 0.459. The van der Waals surface area contributed by atoms with E-state index >= 15 is 0 Å². The molecule has 3 rings (SSSR count). The highest BCUT2D eigenvalue weighted by molar-refractivity contribution is 5.66. The first-order valence-electron chi connectivity index (χ1n) is 8.43. The Morgan fingerprint density at radius 2 is 1.46 bits per heavy atom. The summed E-state index contributed by atoms with van der Waals surface area (Å²) in [6.07, 6.45) is 0.843. The molecular formula is C21H24N2O. The molecule has 0 saturated heterocycles. The second-order valence-electron chi connectivity index (χ2n) is 6.90. The summed E-state index contributed by atoms with van der Waals surface area (Å²) in [7, 11) is 0. The monoisotopic (exact) mass is 320 g/mol. The highest BCUT2D eigenvalue weighted by atomic mass is 16.1. The van der Waals surface area contributed by atoms with Crippen LogP contribution in [0.4, 0.5) is 0 Å². The predicted octanol–water partition coefficient (Wildman–Crippen LogP) is 4.65. The number of aromatic amines is 1. The van der Waals surface area contributed by atoms with Gasteiger partial charge in [-0.3, -0.25) is 14.6 Å². The molecule has 0 atom stereocenters. The normalized spacial score (nSPS) is 11.2. The van der Waals surface area contributed by atoms with E-state index in [4.69, 9.17) is 0 Å². The fourth-order valence-corrected chi connectivity index (χ4v) is 2.98. The molecule has 0 spiro atoms. The zero-order valence-electron chi connectivity index (χ0n) is 14.8. The molecule has 0 amide bonds. The Bertz CT molecular complexity index is 881. The Balaban J connectivity index is 2.20. The minimum absolute atomic E-state index is 0.0323. The summed E-state index contributed by atoms with van der Waals surface area (Å²) in [6.45, 7) is 8.47. The molecule has 3 heteroatoms. The first kappa shape index (κ1) is 16.3. The Hall–Kier alpha value is -2.55. The summed E-state index contributed by atoms with van der Waals surface area (Å²) < 4.78 is 1.94. The molecule has 0 bridgehead atoms. The van der Waals surface area contributed by atoms with Crippen LogP contribution in [0.1, 0.15) is 30.7 Å². The first-order chi connectivity index (χ1) is 11.5. The smallest absolute Gasteiger partial charge is 0.267 e. The molecule has 3 nitrogen and oxygen atoms in total. The highest BCUT2D eigenvalue weighted by Gasteiger charge is 2.18. The van der Waals surface area contributed by atoms with Crippen LogP contribution in [-0.2, 0) is 6.42 Å². The van der Waals surface area contributed by atoms with E-state index in [1.54, 1.807) is 0 Å². The van der Waals surface area contributed by atoms with Gasteiger partial charge >= 0.3 is 0 Å². The summed E-state index contributed by atoms with van der Waals surface area (Å²) in [6, 6.07) is 16.4. The minimum atomic E-state index is -0.0323. The first-order valence-corrected chi connectivity index (χ1v) is 8.43. The third-order valence-electron chi connectivity index (χ3n) is 4.23. The van der Waals surface area contributed by atoms with Crippen LogP contribution in [0, 0.1) is 19.8 Å². The SMILES string of the molecule is Cc1ccc(-c2c(CC(C)C)n(-c3ccc(C)cc3)[nH]c2=O)cc1. The fourth-order valence-electron chi connectivity index (χ4n) is 2.98. The van der Waals surface area contributed by atoms with Crippen molar-refractivity contribution in [2.24, 2.45) is 5.92 Å². The molecular weight excluding hydrogens is 296 g/mol. The second-order valence-corrected chi connectivity index (χ2v) is 6.90. The number of aryl methyl sites for hydroxylation is 2. The van der Waals surface area contributed by atoms with E-state index < -0.39 is 0 Å². The molecule has 0 saturated carbocycles. The Kier molecular flexibility index (Phi) is 4.43. The molecule has 0 radical (unpaired) electrons. The van der Waals surface area contributed by atoms with Crippen molar-refractivity contribution in [3.05, 3.63) is 75.7 Å². The summed E-state index contributed by atoms with van der Waals surface area (Å²) in [4.78, 5) is 12.7. The van der Waals surface area contributed by atoms with E-state index in [0.717, 1.165) is 28.9 Å². The van der Waals surface area contributed by atoms with Gasteiger partial charge in [0, 0.05) is 0 Å². The van der Waals surface area contributed by atoms with Gasteiger partial charge in [0.1, 0.15) is 0 Å². The Morgan fingerprint density at radius 3 is 2.00 bits per heavy atom. The van der Waals surface area contributed by atoms with Gasteiger partial charge in [-0.15, -0.1) is 0 Å². The number of benzene rings is 2. The lowest BCUT2D eigenvalue weighted by Gasteiger charge is -2.13. The van der Waals surface area contributed by atoms with E-state index in [-0.39, 0.29) is 5.56 Å². The number of hydrogen-bond acceptors (Lipinski definition) is 1.